The summed E-state index contributed by atoms with van der Waals surface area (Å²) in [6, 6.07) is 4.25. The number of nitro benzene ring substituents is 1. The van der Waals surface area contributed by atoms with Crippen molar-refractivity contribution in [2.24, 2.45) is 0 Å². The lowest BCUT2D eigenvalue weighted by Gasteiger charge is -2.19. The topological polar surface area (TPSA) is 101 Å². The Kier molecular flexibility index (Phi) is 4.96. The van der Waals surface area contributed by atoms with Crippen LogP contribution in [-0.4, -0.2) is 39.9 Å². The Morgan fingerprint density at radius 3 is 2.65 bits per heavy atom. The first-order chi connectivity index (χ1) is 9.38. The first-order valence-corrected chi connectivity index (χ1v) is 5.74. The van der Waals surface area contributed by atoms with Gasteiger partial charge < -0.3 is 10.0 Å². The van der Waals surface area contributed by atoms with Gasteiger partial charge in [-0.05, 0) is 12.5 Å². The maximum atomic E-state index is 12.3. The zero-order valence-electron chi connectivity index (χ0n) is 10.9. The molecule has 0 aliphatic carbocycles. The monoisotopic (exact) mass is 278 g/mol. The molecule has 0 saturated carbocycles. The fourth-order valence-corrected chi connectivity index (χ4v) is 1.78. The summed E-state index contributed by atoms with van der Waals surface area (Å²) in [4.78, 5) is 34.4. The second-order valence-corrected chi connectivity index (χ2v) is 4.09. The van der Waals surface area contributed by atoms with Gasteiger partial charge in [0.15, 0.2) is 0 Å². The molecule has 0 fully saturated rings. The van der Waals surface area contributed by atoms with E-state index in [-0.39, 0.29) is 17.8 Å². The minimum atomic E-state index is -1.20. The van der Waals surface area contributed by atoms with Crippen LogP contribution in [0.1, 0.15) is 15.9 Å². The van der Waals surface area contributed by atoms with Crippen LogP contribution in [0.4, 0.5) is 5.69 Å². The van der Waals surface area contributed by atoms with Gasteiger partial charge >= 0.3 is 5.97 Å². The van der Waals surface area contributed by atoms with E-state index in [0.29, 0.717) is 5.56 Å². The van der Waals surface area contributed by atoms with Crippen molar-refractivity contribution in [1.29, 1.82) is 0 Å². The third-order valence-electron chi connectivity index (χ3n) is 2.62. The zero-order valence-corrected chi connectivity index (χ0v) is 10.9. The molecule has 0 bridgehead atoms. The maximum absolute atomic E-state index is 12.3. The fourth-order valence-electron chi connectivity index (χ4n) is 1.78. The molecule has 0 atom stereocenters. The number of carbonyl (C=O) groups is 2. The molecule has 0 aromatic heterocycles. The molecule has 1 amide bonds. The van der Waals surface area contributed by atoms with Gasteiger partial charge in [0.25, 0.3) is 11.6 Å². The lowest BCUT2D eigenvalue weighted by molar-refractivity contribution is -0.385. The van der Waals surface area contributed by atoms with Gasteiger partial charge in [-0.2, -0.15) is 0 Å². The Morgan fingerprint density at radius 1 is 1.50 bits per heavy atom. The Labute approximate surface area is 115 Å². The van der Waals surface area contributed by atoms with E-state index in [1.807, 2.05) is 0 Å². The van der Waals surface area contributed by atoms with Crippen LogP contribution in [0.2, 0.25) is 0 Å². The van der Waals surface area contributed by atoms with Crippen LogP contribution in [0, 0.1) is 17.0 Å². The molecule has 1 N–H and O–H groups in total. The van der Waals surface area contributed by atoms with Gasteiger partial charge in [-0.25, -0.2) is 0 Å². The lowest BCUT2D eigenvalue weighted by atomic mass is 10.1. The van der Waals surface area contributed by atoms with Crippen molar-refractivity contribution in [3.05, 3.63) is 52.1 Å². The number of aliphatic carboxylic acids is 1. The summed E-state index contributed by atoms with van der Waals surface area (Å²) in [7, 11) is 0. The number of carboxylic acids is 1. The van der Waals surface area contributed by atoms with Crippen LogP contribution in [-0.2, 0) is 4.79 Å². The number of benzene rings is 1. The standard InChI is InChI=1S/C13H14N2O5/c1-3-7-14(8-11(16)17)13(18)12-9(2)5-4-6-10(12)15(19)20/h3-6H,1,7-8H2,2H3,(H,16,17). The van der Waals surface area contributed by atoms with E-state index in [9.17, 15) is 19.7 Å². The average molecular weight is 278 g/mol. The minimum absolute atomic E-state index is 0.00335. The van der Waals surface area contributed by atoms with Gasteiger partial charge in [0.2, 0.25) is 0 Å². The normalized spacial score (nSPS) is 9.85. The maximum Gasteiger partial charge on any atom is 0.323 e. The second-order valence-electron chi connectivity index (χ2n) is 4.09. The summed E-state index contributed by atoms with van der Waals surface area (Å²) in [5.41, 5.74) is -0.0151. The SMILES string of the molecule is C=CCN(CC(=O)O)C(=O)c1c(C)cccc1[N+](=O)[O-]. The van der Waals surface area contributed by atoms with Crippen LogP contribution in [0.5, 0.6) is 0 Å². The van der Waals surface area contributed by atoms with E-state index in [1.54, 1.807) is 13.0 Å². The van der Waals surface area contributed by atoms with Crippen LogP contribution in [0.15, 0.2) is 30.9 Å². The molecule has 0 spiro atoms. The fraction of sp³-hybridized carbons (Fsp3) is 0.231. The Hall–Kier alpha value is -2.70. The largest absolute Gasteiger partial charge is 0.480 e. The van der Waals surface area contributed by atoms with Gasteiger partial charge in [0, 0.05) is 12.6 Å². The molecule has 0 heterocycles. The molecule has 1 aromatic rings. The van der Waals surface area contributed by atoms with E-state index >= 15 is 0 Å². The Balaban J connectivity index is 3.27. The van der Waals surface area contributed by atoms with E-state index in [1.165, 1.54) is 18.2 Å². The van der Waals surface area contributed by atoms with Crippen molar-refractivity contribution in [2.45, 2.75) is 6.92 Å². The first-order valence-electron chi connectivity index (χ1n) is 5.74. The predicted octanol–water partition coefficient (Wildman–Crippen LogP) is 1.62. The predicted molar refractivity (Wildman–Crippen MR) is 71.6 cm³/mol. The third-order valence-corrected chi connectivity index (χ3v) is 2.62. The number of carboxylic acid groups (broad SMARTS) is 1. The highest BCUT2D eigenvalue weighted by Crippen LogP contribution is 2.23. The second kappa shape index (κ2) is 6.46. The van der Waals surface area contributed by atoms with E-state index < -0.39 is 23.3 Å². The summed E-state index contributed by atoms with van der Waals surface area (Å²) in [5, 5.41) is 19.8. The number of nitrogens with zero attached hydrogens (tertiary/aromatic N) is 2. The Morgan fingerprint density at radius 2 is 2.15 bits per heavy atom. The lowest BCUT2D eigenvalue weighted by Crippen LogP contribution is -2.36. The van der Waals surface area contributed by atoms with Gasteiger partial charge in [0.05, 0.1) is 4.92 Å². The van der Waals surface area contributed by atoms with E-state index in [2.05, 4.69) is 6.58 Å². The van der Waals surface area contributed by atoms with Crippen molar-refractivity contribution in [2.75, 3.05) is 13.1 Å². The summed E-state index contributed by atoms with van der Waals surface area (Å²) in [5.74, 6) is -1.89. The molecular weight excluding hydrogens is 264 g/mol. The number of amides is 1. The molecule has 106 valence electrons. The number of aryl methyl sites for hydroxylation is 1. The number of nitro groups is 1. The highest BCUT2D eigenvalue weighted by Gasteiger charge is 2.27. The highest BCUT2D eigenvalue weighted by atomic mass is 16.6. The van der Waals surface area contributed by atoms with Gasteiger partial charge in [-0.15, -0.1) is 6.58 Å². The molecule has 1 aromatic carbocycles. The van der Waals surface area contributed by atoms with Crippen molar-refractivity contribution < 1.29 is 19.6 Å². The van der Waals surface area contributed by atoms with E-state index in [4.69, 9.17) is 5.11 Å². The smallest absolute Gasteiger partial charge is 0.323 e. The van der Waals surface area contributed by atoms with E-state index in [0.717, 1.165) is 4.90 Å². The number of hydrogen-bond donors (Lipinski definition) is 1. The first kappa shape index (κ1) is 15.4. The van der Waals surface area contributed by atoms with Crippen molar-refractivity contribution in [3.8, 4) is 0 Å². The molecule has 0 aliphatic rings. The average Bonchev–Trinajstić information content (AvgIpc) is 2.36. The van der Waals surface area contributed by atoms with Crippen molar-refractivity contribution in [1.82, 2.24) is 4.90 Å². The number of hydrogen-bond acceptors (Lipinski definition) is 4. The van der Waals surface area contributed by atoms with Crippen LogP contribution in [0.3, 0.4) is 0 Å². The summed E-state index contributed by atoms with van der Waals surface area (Å²) in [6.45, 7) is 4.46. The summed E-state index contributed by atoms with van der Waals surface area (Å²) in [6.07, 6.45) is 1.37. The molecule has 7 heteroatoms. The van der Waals surface area contributed by atoms with Crippen molar-refractivity contribution in [3.63, 3.8) is 0 Å². The zero-order chi connectivity index (χ0) is 15.3. The molecule has 0 aliphatic heterocycles. The molecule has 1 rings (SSSR count). The summed E-state index contributed by atoms with van der Waals surface area (Å²) >= 11 is 0. The van der Waals surface area contributed by atoms with Crippen molar-refractivity contribution >= 4 is 17.6 Å². The molecule has 0 unspecified atom stereocenters. The molecular formula is C13H14N2O5. The molecule has 0 radical (unpaired) electrons. The minimum Gasteiger partial charge on any atom is -0.480 e. The van der Waals surface area contributed by atoms with Crippen LogP contribution >= 0.6 is 0 Å². The summed E-state index contributed by atoms with van der Waals surface area (Å²) < 4.78 is 0. The molecule has 20 heavy (non-hydrogen) atoms. The van der Waals surface area contributed by atoms with Gasteiger partial charge in [0.1, 0.15) is 12.1 Å². The van der Waals surface area contributed by atoms with Crippen LogP contribution in [0.25, 0.3) is 0 Å². The third kappa shape index (κ3) is 3.41. The highest BCUT2D eigenvalue weighted by molar-refractivity contribution is 6.00. The molecule has 0 saturated heterocycles. The van der Waals surface area contributed by atoms with Gasteiger partial charge in [-0.1, -0.05) is 18.2 Å². The quantitative estimate of drug-likeness (QED) is 0.484. The number of rotatable bonds is 6. The van der Waals surface area contributed by atoms with Crippen LogP contribution < -0.4 is 0 Å². The molecule has 7 nitrogen and oxygen atoms in total. The van der Waals surface area contributed by atoms with Gasteiger partial charge in [-0.3, -0.25) is 19.7 Å². The number of carbonyl (C=O) groups excluding carboxylic acids is 1. The Bertz CT molecular complexity index is 568.